The van der Waals surface area contributed by atoms with Gasteiger partial charge in [-0.2, -0.15) is 0 Å². The highest BCUT2D eigenvalue weighted by Gasteiger charge is 2.18. The van der Waals surface area contributed by atoms with E-state index in [1.807, 2.05) is 16.8 Å². The number of nitrogens with one attached hydrogen (secondary N) is 1. The van der Waals surface area contributed by atoms with Crippen LogP contribution in [0.2, 0.25) is 0 Å². The predicted molar refractivity (Wildman–Crippen MR) is 87.0 cm³/mol. The van der Waals surface area contributed by atoms with Crippen molar-refractivity contribution in [3.63, 3.8) is 0 Å². The van der Waals surface area contributed by atoms with Crippen LogP contribution in [0, 0.1) is 0 Å². The first-order valence-electron chi connectivity index (χ1n) is 8.32. The van der Waals surface area contributed by atoms with Gasteiger partial charge in [0.15, 0.2) is 5.76 Å². The maximum Gasteiger partial charge on any atom is 0.287 e. The van der Waals surface area contributed by atoms with Crippen LogP contribution in [0.15, 0.2) is 35.3 Å². The Balaban J connectivity index is 1.55. The van der Waals surface area contributed by atoms with Gasteiger partial charge in [-0.1, -0.05) is 6.92 Å². The summed E-state index contributed by atoms with van der Waals surface area (Å²) in [7, 11) is 0. The molecule has 124 valence electrons. The van der Waals surface area contributed by atoms with Gasteiger partial charge in [0.05, 0.1) is 12.9 Å². The lowest BCUT2D eigenvalue weighted by Gasteiger charge is -2.16. The van der Waals surface area contributed by atoms with E-state index in [1.54, 1.807) is 18.6 Å². The zero-order valence-corrected chi connectivity index (χ0v) is 13.6. The number of imidazole rings is 1. The van der Waals surface area contributed by atoms with E-state index in [2.05, 4.69) is 22.1 Å². The average Bonchev–Trinajstić information content (AvgIpc) is 3.29. The molecular weight excluding hydrogens is 292 g/mol. The summed E-state index contributed by atoms with van der Waals surface area (Å²) in [5.41, 5.74) is 0. The van der Waals surface area contributed by atoms with Crippen LogP contribution >= 0.6 is 0 Å². The SMILES string of the molecule is CCC(Cn1ccnc1)NC(=O)c1ccc(CN2CCCC2)o1. The molecule has 23 heavy (non-hydrogen) atoms. The maximum absolute atomic E-state index is 12.3. The molecule has 2 aromatic heterocycles. The molecule has 0 bridgehead atoms. The molecule has 0 aliphatic carbocycles. The molecule has 2 aromatic rings. The quantitative estimate of drug-likeness (QED) is 0.851. The molecule has 6 nitrogen and oxygen atoms in total. The maximum atomic E-state index is 12.3. The van der Waals surface area contributed by atoms with Gasteiger partial charge in [0.25, 0.3) is 5.91 Å². The molecule has 0 saturated carbocycles. The molecular formula is C17H24N4O2. The van der Waals surface area contributed by atoms with E-state index in [9.17, 15) is 4.79 Å². The third-order valence-corrected chi connectivity index (χ3v) is 4.28. The van der Waals surface area contributed by atoms with Crippen molar-refractivity contribution in [3.05, 3.63) is 42.4 Å². The Morgan fingerprint density at radius 3 is 2.91 bits per heavy atom. The van der Waals surface area contributed by atoms with Gasteiger partial charge in [-0.3, -0.25) is 9.69 Å². The smallest absolute Gasteiger partial charge is 0.287 e. The number of aromatic nitrogens is 2. The lowest BCUT2D eigenvalue weighted by Crippen LogP contribution is -2.37. The number of furan rings is 1. The molecule has 1 aliphatic rings. The Bertz CT molecular complexity index is 614. The molecule has 1 aliphatic heterocycles. The zero-order chi connectivity index (χ0) is 16.1. The minimum atomic E-state index is -0.148. The standard InChI is InChI=1S/C17H24N4O2/c1-2-14(11-21-10-7-18-13-21)19-17(22)16-6-5-15(23-16)12-20-8-3-4-9-20/h5-7,10,13-14H,2-4,8-9,11-12H2,1H3,(H,19,22). The summed E-state index contributed by atoms with van der Waals surface area (Å²) in [6.07, 6.45) is 8.75. The van der Waals surface area contributed by atoms with Crippen molar-refractivity contribution in [1.82, 2.24) is 19.8 Å². The van der Waals surface area contributed by atoms with Crippen molar-refractivity contribution in [1.29, 1.82) is 0 Å². The van der Waals surface area contributed by atoms with Crippen LogP contribution in [-0.2, 0) is 13.1 Å². The normalized spacial score (nSPS) is 16.6. The Morgan fingerprint density at radius 2 is 2.22 bits per heavy atom. The van der Waals surface area contributed by atoms with Crippen LogP contribution in [0.4, 0.5) is 0 Å². The fourth-order valence-corrected chi connectivity index (χ4v) is 2.93. The Kier molecular flexibility index (Phi) is 5.12. The molecule has 0 radical (unpaired) electrons. The van der Waals surface area contributed by atoms with Crippen molar-refractivity contribution < 1.29 is 9.21 Å². The summed E-state index contributed by atoms with van der Waals surface area (Å²) in [6.45, 7) is 5.79. The van der Waals surface area contributed by atoms with Crippen LogP contribution in [0.5, 0.6) is 0 Å². The second-order valence-electron chi connectivity index (χ2n) is 6.09. The Labute approximate surface area is 136 Å². The van der Waals surface area contributed by atoms with Crippen molar-refractivity contribution in [3.8, 4) is 0 Å². The fourth-order valence-electron chi connectivity index (χ4n) is 2.93. The van der Waals surface area contributed by atoms with Gasteiger partial charge < -0.3 is 14.3 Å². The molecule has 1 N–H and O–H groups in total. The second kappa shape index (κ2) is 7.46. The Hall–Kier alpha value is -2.08. The number of rotatable bonds is 7. The molecule has 1 amide bonds. The first-order chi connectivity index (χ1) is 11.2. The van der Waals surface area contributed by atoms with Gasteiger partial charge in [0, 0.05) is 25.0 Å². The molecule has 3 rings (SSSR count). The summed E-state index contributed by atoms with van der Waals surface area (Å²) in [5, 5.41) is 3.03. The highest BCUT2D eigenvalue weighted by atomic mass is 16.4. The van der Waals surface area contributed by atoms with E-state index in [-0.39, 0.29) is 11.9 Å². The second-order valence-corrected chi connectivity index (χ2v) is 6.09. The number of carbonyl (C=O) groups is 1. The highest BCUT2D eigenvalue weighted by molar-refractivity contribution is 5.91. The monoisotopic (exact) mass is 316 g/mol. The molecule has 1 atom stereocenters. The van der Waals surface area contributed by atoms with Crippen LogP contribution < -0.4 is 5.32 Å². The van der Waals surface area contributed by atoms with Crippen molar-refractivity contribution in [2.45, 2.75) is 45.3 Å². The minimum Gasteiger partial charge on any atom is -0.455 e. The topological polar surface area (TPSA) is 63.3 Å². The summed E-state index contributed by atoms with van der Waals surface area (Å²) in [4.78, 5) is 18.7. The van der Waals surface area contributed by atoms with Crippen molar-refractivity contribution in [2.24, 2.45) is 0 Å². The molecule has 6 heteroatoms. The van der Waals surface area contributed by atoms with E-state index in [4.69, 9.17) is 4.42 Å². The molecule has 1 unspecified atom stereocenters. The zero-order valence-electron chi connectivity index (χ0n) is 13.6. The number of hydrogen-bond acceptors (Lipinski definition) is 4. The number of hydrogen-bond donors (Lipinski definition) is 1. The number of nitrogens with zero attached hydrogens (tertiary/aromatic N) is 3. The van der Waals surface area contributed by atoms with E-state index in [1.165, 1.54) is 12.8 Å². The lowest BCUT2D eigenvalue weighted by molar-refractivity contribution is 0.0900. The molecule has 1 saturated heterocycles. The lowest BCUT2D eigenvalue weighted by atomic mass is 10.2. The van der Waals surface area contributed by atoms with Crippen molar-refractivity contribution in [2.75, 3.05) is 13.1 Å². The van der Waals surface area contributed by atoms with E-state index >= 15 is 0 Å². The van der Waals surface area contributed by atoms with Gasteiger partial charge in [0.1, 0.15) is 5.76 Å². The number of amides is 1. The van der Waals surface area contributed by atoms with Gasteiger partial charge in [-0.05, 0) is 44.5 Å². The van der Waals surface area contributed by atoms with E-state index in [0.29, 0.717) is 12.3 Å². The summed E-state index contributed by atoms with van der Waals surface area (Å²) >= 11 is 0. The molecule has 0 aromatic carbocycles. The Morgan fingerprint density at radius 1 is 1.39 bits per heavy atom. The predicted octanol–water partition coefficient (Wildman–Crippen LogP) is 2.28. The van der Waals surface area contributed by atoms with Crippen LogP contribution in [0.25, 0.3) is 0 Å². The van der Waals surface area contributed by atoms with E-state index in [0.717, 1.165) is 31.8 Å². The number of carbonyl (C=O) groups excluding carboxylic acids is 1. The third kappa shape index (κ3) is 4.22. The minimum absolute atomic E-state index is 0.0591. The van der Waals surface area contributed by atoms with Crippen LogP contribution in [-0.4, -0.2) is 39.5 Å². The first kappa shape index (κ1) is 15.8. The molecule has 3 heterocycles. The van der Waals surface area contributed by atoms with Crippen LogP contribution in [0.1, 0.15) is 42.5 Å². The van der Waals surface area contributed by atoms with Gasteiger partial charge in [-0.15, -0.1) is 0 Å². The first-order valence-corrected chi connectivity index (χ1v) is 8.32. The molecule has 1 fully saturated rings. The molecule has 0 spiro atoms. The summed E-state index contributed by atoms with van der Waals surface area (Å²) in [5.74, 6) is 1.10. The largest absolute Gasteiger partial charge is 0.455 e. The summed E-state index contributed by atoms with van der Waals surface area (Å²) < 4.78 is 7.68. The highest BCUT2D eigenvalue weighted by Crippen LogP contribution is 2.15. The average molecular weight is 316 g/mol. The van der Waals surface area contributed by atoms with Gasteiger partial charge >= 0.3 is 0 Å². The number of likely N-dealkylation sites (tertiary alicyclic amines) is 1. The van der Waals surface area contributed by atoms with Crippen LogP contribution in [0.3, 0.4) is 0 Å². The summed E-state index contributed by atoms with van der Waals surface area (Å²) in [6, 6.07) is 3.73. The van der Waals surface area contributed by atoms with Gasteiger partial charge in [0.2, 0.25) is 0 Å². The van der Waals surface area contributed by atoms with Crippen molar-refractivity contribution >= 4 is 5.91 Å². The van der Waals surface area contributed by atoms with E-state index < -0.39 is 0 Å². The fraction of sp³-hybridized carbons (Fsp3) is 0.529. The third-order valence-electron chi connectivity index (χ3n) is 4.28. The van der Waals surface area contributed by atoms with Gasteiger partial charge in [-0.25, -0.2) is 4.98 Å².